The van der Waals surface area contributed by atoms with Crippen molar-refractivity contribution in [2.75, 3.05) is 12.4 Å². The van der Waals surface area contributed by atoms with Gasteiger partial charge in [0.15, 0.2) is 5.82 Å². The Balaban J connectivity index is 1.39. The minimum Gasteiger partial charge on any atom is -0.496 e. The molecule has 0 aliphatic heterocycles. The van der Waals surface area contributed by atoms with E-state index < -0.39 is 0 Å². The van der Waals surface area contributed by atoms with Gasteiger partial charge >= 0.3 is 0 Å². The molecule has 1 aromatic heterocycles. The summed E-state index contributed by atoms with van der Waals surface area (Å²) in [5.41, 5.74) is 3.73. The average Bonchev–Trinajstić information content (AvgIpc) is 3.22. The number of carbonyl (C=O) groups excluding carboxylic acids is 1. The molecule has 1 N–H and O–H groups in total. The molecule has 0 saturated carbocycles. The summed E-state index contributed by atoms with van der Waals surface area (Å²) in [6.45, 7) is 2.77. The summed E-state index contributed by atoms with van der Waals surface area (Å²) in [7, 11) is 1.61. The number of halogens is 3. The first-order valence-electron chi connectivity index (χ1n) is 11.3. The molecule has 0 atom stereocenters. The molecule has 0 saturated heterocycles. The summed E-state index contributed by atoms with van der Waals surface area (Å²) in [6, 6.07) is 18.8. The van der Waals surface area contributed by atoms with Crippen LogP contribution in [0.25, 0.3) is 6.08 Å². The van der Waals surface area contributed by atoms with Crippen molar-refractivity contribution in [2.24, 2.45) is 0 Å². The molecular formula is C28H24Cl3N3O3. The Labute approximate surface area is 230 Å². The summed E-state index contributed by atoms with van der Waals surface area (Å²) >= 11 is 18.3. The van der Waals surface area contributed by atoms with Gasteiger partial charge in [-0.15, -0.1) is 0 Å². The van der Waals surface area contributed by atoms with Crippen molar-refractivity contribution in [1.82, 2.24) is 9.78 Å². The summed E-state index contributed by atoms with van der Waals surface area (Å²) in [6.07, 6.45) is 4.75. The maximum Gasteiger partial charge on any atom is 0.249 e. The molecule has 0 fully saturated rings. The number of nitrogens with one attached hydrogen (secondary N) is 1. The molecule has 190 valence electrons. The maximum absolute atomic E-state index is 12.5. The van der Waals surface area contributed by atoms with Crippen molar-refractivity contribution < 1.29 is 14.3 Å². The van der Waals surface area contributed by atoms with Crippen LogP contribution in [-0.2, 0) is 17.9 Å². The second kappa shape index (κ2) is 12.2. The molecule has 0 unspecified atom stereocenters. The van der Waals surface area contributed by atoms with E-state index in [4.69, 9.17) is 44.3 Å². The second-order valence-electron chi connectivity index (χ2n) is 8.27. The molecule has 1 amide bonds. The monoisotopic (exact) mass is 555 g/mol. The van der Waals surface area contributed by atoms with E-state index in [-0.39, 0.29) is 11.7 Å². The number of aromatic nitrogens is 2. The van der Waals surface area contributed by atoms with Crippen LogP contribution in [0.2, 0.25) is 15.1 Å². The van der Waals surface area contributed by atoms with Crippen molar-refractivity contribution in [2.45, 2.75) is 20.1 Å². The van der Waals surface area contributed by atoms with E-state index in [9.17, 15) is 4.79 Å². The van der Waals surface area contributed by atoms with Gasteiger partial charge in [-0.3, -0.25) is 9.48 Å². The Hall–Kier alpha value is -3.45. The molecule has 0 radical (unpaired) electrons. The summed E-state index contributed by atoms with van der Waals surface area (Å²) in [5.74, 6) is 1.37. The highest BCUT2D eigenvalue weighted by atomic mass is 35.5. The Morgan fingerprint density at radius 2 is 1.78 bits per heavy atom. The smallest absolute Gasteiger partial charge is 0.249 e. The highest BCUT2D eigenvalue weighted by Gasteiger charge is 2.11. The van der Waals surface area contributed by atoms with Crippen molar-refractivity contribution in [3.63, 3.8) is 0 Å². The van der Waals surface area contributed by atoms with Gasteiger partial charge in [0.2, 0.25) is 5.91 Å². The molecule has 0 bridgehead atoms. The first-order chi connectivity index (χ1) is 17.8. The molecule has 4 rings (SSSR count). The largest absolute Gasteiger partial charge is 0.496 e. The van der Waals surface area contributed by atoms with E-state index in [1.807, 2.05) is 55.5 Å². The molecule has 4 aromatic rings. The first kappa shape index (κ1) is 26.6. The van der Waals surface area contributed by atoms with Gasteiger partial charge < -0.3 is 14.8 Å². The van der Waals surface area contributed by atoms with Crippen molar-refractivity contribution in [3.8, 4) is 11.5 Å². The number of hydrogen-bond donors (Lipinski definition) is 1. The molecule has 9 heteroatoms. The Kier molecular flexibility index (Phi) is 8.77. The molecular weight excluding hydrogens is 533 g/mol. The van der Waals surface area contributed by atoms with Crippen LogP contribution < -0.4 is 14.8 Å². The molecule has 3 aromatic carbocycles. The van der Waals surface area contributed by atoms with E-state index in [0.29, 0.717) is 34.0 Å². The van der Waals surface area contributed by atoms with E-state index in [1.54, 1.807) is 36.2 Å². The number of aryl methyl sites for hydroxylation is 1. The van der Waals surface area contributed by atoms with Crippen LogP contribution in [0.5, 0.6) is 11.5 Å². The number of carbonyl (C=O) groups is 1. The lowest BCUT2D eigenvalue weighted by atomic mass is 10.1. The number of amides is 1. The number of rotatable bonds is 9. The van der Waals surface area contributed by atoms with E-state index in [2.05, 4.69) is 10.4 Å². The first-order valence-corrected chi connectivity index (χ1v) is 12.5. The zero-order valence-corrected chi connectivity index (χ0v) is 22.4. The quantitative estimate of drug-likeness (QED) is 0.218. The lowest BCUT2D eigenvalue weighted by Gasteiger charge is -2.11. The van der Waals surface area contributed by atoms with Crippen LogP contribution in [0.15, 0.2) is 72.9 Å². The molecule has 0 aliphatic carbocycles. The zero-order chi connectivity index (χ0) is 26.4. The Bertz CT molecular complexity index is 1430. The molecule has 0 aliphatic rings. The number of anilines is 1. The third kappa shape index (κ3) is 7.29. The van der Waals surface area contributed by atoms with Crippen LogP contribution in [0, 0.1) is 6.92 Å². The van der Waals surface area contributed by atoms with Gasteiger partial charge in [0.25, 0.3) is 0 Å². The topological polar surface area (TPSA) is 65.4 Å². The maximum atomic E-state index is 12.5. The van der Waals surface area contributed by atoms with Crippen molar-refractivity contribution in [1.29, 1.82) is 0 Å². The molecule has 1 heterocycles. The number of benzene rings is 3. The third-order valence-electron chi connectivity index (χ3n) is 5.43. The summed E-state index contributed by atoms with van der Waals surface area (Å²) < 4.78 is 13.0. The van der Waals surface area contributed by atoms with Crippen LogP contribution in [0.3, 0.4) is 0 Å². The van der Waals surface area contributed by atoms with Gasteiger partial charge in [0.1, 0.15) is 23.1 Å². The van der Waals surface area contributed by atoms with Crippen LogP contribution >= 0.6 is 34.8 Å². The number of methoxy groups -OCH3 is 1. The average molecular weight is 557 g/mol. The fourth-order valence-electron chi connectivity index (χ4n) is 3.53. The minimum atomic E-state index is -0.366. The standard InChI is InChI=1S/C28H24Cl3N3O3/c1-18-3-8-22(9-4-18)37-17-21-13-19(6-11-26(21)36-2)7-12-27(35)32-28-25(31)16-34(33-28)15-20-5-10-23(29)24(30)14-20/h3-14,16H,15,17H2,1-2H3,(H,32,33,35)/b12-7+. The summed E-state index contributed by atoms with van der Waals surface area (Å²) in [5, 5.41) is 8.32. The van der Waals surface area contributed by atoms with Crippen molar-refractivity contribution in [3.05, 3.63) is 110 Å². The van der Waals surface area contributed by atoms with Crippen LogP contribution in [-0.4, -0.2) is 22.8 Å². The second-order valence-corrected chi connectivity index (χ2v) is 9.49. The predicted octanol–water partition coefficient (Wildman–Crippen LogP) is 7.44. The van der Waals surface area contributed by atoms with E-state index >= 15 is 0 Å². The lowest BCUT2D eigenvalue weighted by Crippen LogP contribution is -2.09. The van der Waals surface area contributed by atoms with Gasteiger partial charge in [-0.25, -0.2) is 0 Å². The van der Waals surface area contributed by atoms with Gasteiger partial charge in [0, 0.05) is 17.8 Å². The minimum absolute atomic E-state index is 0.262. The fourth-order valence-corrected chi connectivity index (χ4v) is 4.05. The molecule has 0 spiro atoms. The van der Waals surface area contributed by atoms with Gasteiger partial charge in [-0.2, -0.15) is 5.10 Å². The molecule has 37 heavy (non-hydrogen) atoms. The van der Waals surface area contributed by atoms with Gasteiger partial charge in [0.05, 0.1) is 23.7 Å². The highest BCUT2D eigenvalue weighted by Crippen LogP contribution is 2.25. The van der Waals surface area contributed by atoms with Crippen molar-refractivity contribution >= 4 is 52.6 Å². The van der Waals surface area contributed by atoms with Crippen LogP contribution in [0.4, 0.5) is 5.82 Å². The number of nitrogens with zero attached hydrogens (tertiary/aromatic N) is 2. The number of hydrogen-bond acceptors (Lipinski definition) is 4. The van der Waals surface area contributed by atoms with Gasteiger partial charge in [-0.05, 0) is 60.5 Å². The molecule has 6 nitrogen and oxygen atoms in total. The third-order valence-corrected chi connectivity index (χ3v) is 6.45. The predicted molar refractivity (Wildman–Crippen MR) is 149 cm³/mol. The highest BCUT2D eigenvalue weighted by molar-refractivity contribution is 6.42. The summed E-state index contributed by atoms with van der Waals surface area (Å²) in [4.78, 5) is 12.5. The Morgan fingerprint density at radius 1 is 1.00 bits per heavy atom. The van der Waals surface area contributed by atoms with Crippen LogP contribution in [0.1, 0.15) is 22.3 Å². The zero-order valence-electron chi connectivity index (χ0n) is 20.2. The number of ether oxygens (including phenoxy) is 2. The normalized spacial score (nSPS) is 11.1. The SMILES string of the molecule is COc1ccc(/C=C/C(=O)Nc2nn(Cc3ccc(Cl)c(Cl)c3)cc2Cl)cc1COc1ccc(C)cc1. The lowest BCUT2D eigenvalue weighted by molar-refractivity contribution is -0.111. The fraction of sp³-hybridized carbons (Fsp3) is 0.143. The van der Waals surface area contributed by atoms with E-state index in [1.165, 1.54) is 6.08 Å². The van der Waals surface area contributed by atoms with Gasteiger partial charge in [-0.1, -0.05) is 64.6 Å². The van der Waals surface area contributed by atoms with E-state index in [0.717, 1.165) is 28.0 Å². The Morgan fingerprint density at radius 3 is 2.51 bits per heavy atom.